The molecular weight excluding hydrogens is 422 g/mol. The number of phenolic OH excluding ortho intramolecular Hbond substituents is 1. The molecule has 1 N–H and O–H groups in total. The Morgan fingerprint density at radius 2 is 1.45 bits per heavy atom. The summed E-state index contributed by atoms with van der Waals surface area (Å²) in [5.41, 5.74) is 1.36. The van der Waals surface area contributed by atoms with E-state index in [1.807, 2.05) is 13.8 Å². The number of nitrogens with zero attached hydrogens (tertiary/aromatic N) is 3. The molecule has 4 amide bonds. The van der Waals surface area contributed by atoms with Gasteiger partial charge in [-0.1, -0.05) is 19.9 Å². The molecule has 0 saturated carbocycles. The zero-order valence-electron chi connectivity index (χ0n) is 18.8. The molecule has 2 aliphatic heterocycles. The lowest BCUT2D eigenvalue weighted by Gasteiger charge is -2.22. The van der Waals surface area contributed by atoms with E-state index < -0.39 is 0 Å². The number of amides is 4. The summed E-state index contributed by atoms with van der Waals surface area (Å²) in [6.07, 6.45) is 0.612. The lowest BCUT2D eigenvalue weighted by Crippen LogP contribution is -2.37. The van der Waals surface area contributed by atoms with Crippen LogP contribution < -0.4 is 0 Å². The molecule has 0 unspecified atom stereocenters. The SMILES string of the molecule is CC(C)CN1C(=O)c2ccc(C(=O)N3CCCN(C(=O)c4cccc(O)c4)CC3)cc2C1=O. The largest absolute Gasteiger partial charge is 0.508 e. The Bertz CT molecular complexity index is 1130. The maximum absolute atomic E-state index is 13.2. The van der Waals surface area contributed by atoms with Crippen molar-refractivity contribution in [3.8, 4) is 5.75 Å². The highest BCUT2D eigenvalue weighted by molar-refractivity contribution is 6.22. The summed E-state index contributed by atoms with van der Waals surface area (Å²) in [6.45, 7) is 5.91. The van der Waals surface area contributed by atoms with Gasteiger partial charge in [0, 0.05) is 43.9 Å². The molecule has 4 rings (SSSR count). The van der Waals surface area contributed by atoms with E-state index in [4.69, 9.17) is 0 Å². The Balaban J connectivity index is 1.47. The smallest absolute Gasteiger partial charge is 0.261 e. The fourth-order valence-electron chi connectivity index (χ4n) is 4.28. The fraction of sp³-hybridized carbons (Fsp3) is 0.360. The number of carbonyl (C=O) groups is 4. The number of phenols is 1. The van der Waals surface area contributed by atoms with Crippen LogP contribution in [-0.2, 0) is 0 Å². The van der Waals surface area contributed by atoms with E-state index >= 15 is 0 Å². The van der Waals surface area contributed by atoms with Crippen molar-refractivity contribution in [1.82, 2.24) is 14.7 Å². The zero-order chi connectivity index (χ0) is 23.7. The van der Waals surface area contributed by atoms with Gasteiger partial charge in [-0.05, 0) is 48.7 Å². The van der Waals surface area contributed by atoms with E-state index in [2.05, 4.69) is 0 Å². The van der Waals surface area contributed by atoms with Gasteiger partial charge in [0.2, 0.25) is 0 Å². The number of imide groups is 1. The van der Waals surface area contributed by atoms with Crippen molar-refractivity contribution in [2.45, 2.75) is 20.3 Å². The molecule has 0 radical (unpaired) electrons. The average molecular weight is 450 g/mol. The lowest BCUT2D eigenvalue weighted by molar-refractivity contribution is 0.0635. The van der Waals surface area contributed by atoms with Crippen LogP contribution in [-0.4, -0.2) is 76.2 Å². The van der Waals surface area contributed by atoms with Crippen LogP contribution in [0.3, 0.4) is 0 Å². The highest BCUT2D eigenvalue weighted by atomic mass is 16.3. The first-order chi connectivity index (χ1) is 15.8. The van der Waals surface area contributed by atoms with Crippen LogP contribution >= 0.6 is 0 Å². The molecule has 2 aromatic carbocycles. The van der Waals surface area contributed by atoms with Crippen molar-refractivity contribution in [3.05, 3.63) is 64.7 Å². The summed E-state index contributed by atoms with van der Waals surface area (Å²) in [4.78, 5) is 55.9. The Kier molecular flexibility index (Phi) is 6.18. The van der Waals surface area contributed by atoms with Gasteiger partial charge in [-0.25, -0.2) is 0 Å². The molecule has 172 valence electrons. The molecule has 1 fully saturated rings. The average Bonchev–Trinajstić information content (AvgIpc) is 2.96. The number of rotatable bonds is 4. The number of aromatic hydroxyl groups is 1. The molecule has 33 heavy (non-hydrogen) atoms. The molecule has 2 aliphatic rings. The van der Waals surface area contributed by atoms with Gasteiger partial charge in [0.25, 0.3) is 23.6 Å². The molecule has 2 aromatic rings. The molecule has 8 nitrogen and oxygen atoms in total. The van der Waals surface area contributed by atoms with Crippen LogP contribution in [0.5, 0.6) is 5.75 Å². The van der Waals surface area contributed by atoms with Crippen LogP contribution in [0.4, 0.5) is 0 Å². The molecule has 0 spiro atoms. The second kappa shape index (κ2) is 9.05. The maximum Gasteiger partial charge on any atom is 0.261 e. The number of fused-ring (bicyclic) bond motifs is 1. The minimum atomic E-state index is -0.364. The summed E-state index contributed by atoms with van der Waals surface area (Å²) in [5, 5.41) is 9.65. The van der Waals surface area contributed by atoms with Gasteiger partial charge < -0.3 is 14.9 Å². The molecule has 2 heterocycles. The maximum atomic E-state index is 13.2. The molecular formula is C25H27N3O5. The topological polar surface area (TPSA) is 98.2 Å². The van der Waals surface area contributed by atoms with Gasteiger partial charge in [0.05, 0.1) is 11.1 Å². The summed E-state index contributed by atoms with van der Waals surface area (Å²) >= 11 is 0. The van der Waals surface area contributed by atoms with Crippen molar-refractivity contribution in [3.63, 3.8) is 0 Å². The number of hydrogen-bond acceptors (Lipinski definition) is 5. The summed E-state index contributed by atoms with van der Waals surface area (Å²) in [5.74, 6) is -0.922. The molecule has 0 atom stereocenters. The third kappa shape index (κ3) is 4.46. The van der Waals surface area contributed by atoms with E-state index in [9.17, 15) is 24.3 Å². The van der Waals surface area contributed by atoms with Crippen LogP contribution in [0.15, 0.2) is 42.5 Å². The summed E-state index contributed by atoms with van der Waals surface area (Å²) < 4.78 is 0. The Labute approximate surface area is 192 Å². The van der Waals surface area contributed by atoms with Crippen molar-refractivity contribution in [2.24, 2.45) is 5.92 Å². The van der Waals surface area contributed by atoms with Gasteiger partial charge in [0.15, 0.2) is 0 Å². The summed E-state index contributed by atoms with van der Waals surface area (Å²) in [6, 6.07) is 10.9. The number of carbonyl (C=O) groups excluding carboxylic acids is 4. The molecule has 1 saturated heterocycles. The predicted octanol–water partition coefficient (Wildman–Crippen LogP) is 2.63. The lowest BCUT2D eigenvalue weighted by atomic mass is 10.0. The van der Waals surface area contributed by atoms with Gasteiger partial charge in [-0.15, -0.1) is 0 Å². The first-order valence-electron chi connectivity index (χ1n) is 11.1. The number of hydrogen-bond donors (Lipinski definition) is 1. The van der Waals surface area contributed by atoms with E-state index in [1.165, 1.54) is 23.1 Å². The third-order valence-corrected chi connectivity index (χ3v) is 5.93. The van der Waals surface area contributed by atoms with Crippen LogP contribution in [0.2, 0.25) is 0 Å². The second-order valence-corrected chi connectivity index (χ2v) is 8.86. The molecule has 8 heteroatoms. The van der Waals surface area contributed by atoms with Crippen LogP contribution in [0, 0.1) is 5.92 Å². The highest BCUT2D eigenvalue weighted by Gasteiger charge is 2.36. The van der Waals surface area contributed by atoms with E-state index in [0.717, 1.165) is 0 Å². The Hall–Kier alpha value is -3.68. The summed E-state index contributed by atoms with van der Waals surface area (Å²) in [7, 11) is 0. The quantitative estimate of drug-likeness (QED) is 0.724. The van der Waals surface area contributed by atoms with E-state index in [0.29, 0.717) is 55.8 Å². The van der Waals surface area contributed by atoms with Crippen molar-refractivity contribution in [2.75, 3.05) is 32.7 Å². The first-order valence-corrected chi connectivity index (χ1v) is 11.1. The van der Waals surface area contributed by atoms with Gasteiger partial charge >= 0.3 is 0 Å². The second-order valence-electron chi connectivity index (χ2n) is 8.86. The standard InChI is InChI=1S/C25H27N3O5/c1-16(2)15-28-24(32)20-8-7-18(14-21(20)25(28)33)23(31)27-10-4-9-26(11-12-27)22(30)17-5-3-6-19(29)13-17/h3,5-8,13-14,16,29H,4,9-12,15H2,1-2H3. The van der Waals surface area contributed by atoms with Crippen LogP contribution in [0.25, 0.3) is 0 Å². The van der Waals surface area contributed by atoms with Gasteiger partial charge in [-0.2, -0.15) is 0 Å². The minimum absolute atomic E-state index is 0.0316. The monoisotopic (exact) mass is 449 g/mol. The zero-order valence-corrected chi connectivity index (χ0v) is 18.8. The van der Waals surface area contributed by atoms with Crippen molar-refractivity contribution < 1.29 is 24.3 Å². The third-order valence-electron chi connectivity index (χ3n) is 5.93. The normalized spacial score (nSPS) is 16.3. The molecule has 0 aromatic heterocycles. The van der Waals surface area contributed by atoms with Gasteiger partial charge in [-0.3, -0.25) is 24.1 Å². The van der Waals surface area contributed by atoms with E-state index in [-0.39, 0.29) is 40.9 Å². The fourth-order valence-corrected chi connectivity index (χ4v) is 4.28. The Morgan fingerprint density at radius 3 is 2.06 bits per heavy atom. The predicted molar refractivity (Wildman–Crippen MR) is 121 cm³/mol. The van der Waals surface area contributed by atoms with E-state index in [1.54, 1.807) is 34.1 Å². The highest BCUT2D eigenvalue weighted by Crippen LogP contribution is 2.26. The Morgan fingerprint density at radius 1 is 0.848 bits per heavy atom. The van der Waals surface area contributed by atoms with Crippen molar-refractivity contribution >= 4 is 23.6 Å². The van der Waals surface area contributed by atoms with Crippen molar-refractivity contribution in [1.29, 1.82) is 0 Å². The molecule has 0 bridgehead atoms. The van der Waals surface area contributed by atoms with Crippen LogP contribution in [0.1, 0.15) is 61.7 Å². The van der Waals surface area contributed by atoms with Gasteiger partial charge in [0.1, 0.15) is 5.75 Å². The molecule has 0 aliphatic carbocycles. The number of benzene rings is 2. The minimum Gasteiger partial charge on any atom is -0.508 e. The first kappa shape index (κ1) is 22.5.